The first-order valence-electron chi connectivity index (χ1n) is 7.96. The highest BCUT2D eigenvalue weighted by atomic mass is 79.9. The highest BCUT2D eigenvalue weighted by Crippen LogP contribution is 2.22. The van der Waals surface area contributed by atoms with Crippen LogP contribution < -0.4 is 10.1 Å². The fourth-order valence-corrected chi connectivity index (χ4v) is 3.22. The number of carbonyl (C=O) groups excluding carboxylic acids is 1. The summed E-state index contributed by atoms with van der Waals surface area (Å²) in [6, 6.07) is 5.71. The number of ether oxygens (including phenoxy) is 2. The molecule has 1 saturated heterocycles. The zero-order valence-electron chi connectivity index (χ0n) is 14.0. The number of methoxy groups -OCH3 is 1. The standard InChI is InChI=1S/C17H25BrN2O3/c1-12(2)16(20-6-8-23-9-7-20)11-19-17(21)14-10-13(22-3)4-5-15(14)18/h4-5,10,12,16H,6-9,11H2,1-3H3,(H,19,21). The van der Waals surface area contributed by atoms with Gasteiger partial charge in [0.05, 0.1) is 25.9 Å². The molecule has 1 atom stereocenters. The Hall–Kier alpha value is -1.11. The minimum atomic E-state index is -0.0883. The maximum absolute atomic E-state index is 12.5. The molecule has 1 N–H and O–H groups in total. The van der Waals surface area contributed by atoms with Crippen LogP contribution in [-0.4, -0.2) is 56.8 Å². The molecule has 0 bridgehead atoms. The molecule has 6 heteroatoms. The van der Waals surface area contributed by atoms with Crippen molar-refractivity contribution in [2.24, 2.45) is 5.92 Å². The minimum absolute atomic E-state index is 0.0883. The lowest BCUT2D eigenvalue weighted by molar-refractivity contribution is 0.00672. The van der Waals surface area contributed by atoms with E-state index >= 15 is 0 Å². The molecule has 1 amide bonds. The SMILES string of the molecule is COc1ccc(Br)c(C(=O)NCC(C(C)C)N2CCOCC2)c1. The van der Waals surface area contributed by atoms with Gasteiger partial charge in [0.15, 0.2) is 0 Å². The average Bonchev–Trinajstić information content (AvgIpc) is 2.56. The smallest absolute Gasteiger partial charge is 0.252 e. The first-order valence-corrected chi connectivity index (χ1v) is 8.75. The van der Waals surface area contributed by atoms with Crippen LogP contribution in [-0.2, 0) is 4.74 Å². The molecule has 1 heterocycles. The fourth-order valence-electron chi connectivity index (χ4n) is 2.79. The van der Waals surface area contributed by atoms with Crippen molar-refractivity contribution in [3.05, 3.63) is 28.2 Å². The van der Waals surface area contributed by atoms with Gasteiger partial charge >= 0.3 is 0 Å². The Labute approximate surface area is 146 Å². The largest absolute Gasteiger partial charge is 0.497 e. The van der Waals surface area contributed by atoms with E-state index < -0.39 is 0 Å². The van der Waals surface area contributed by atoms with Crippen molar-refractivity contribution in [1.29, 1.82) is 0 Å². The maximum atomic E-state index is 12.5. The van der Waals surface area contributed by atoms with Gasteiger partial charge in [0.1, 0.15) is 5.75 Å². The third-order valence-electron chi connectivity index (χ3n) is 4.17. The number of hydrogen-bond donors (Lipinski definition) is 1. The van der Waals surface area contributed by atoms with E-state index in [2.05, 4.69) is 40.0 Å². The highest BCUT2D eigenvalue weighted by Gasteiger charge is 2.24. The fraction of sp³-hybridized carbons (Fsp3) is 0.588. The van der Waals surface area contributed by atoms with E-state index in [0.29, 0.717) is 29.8 Å². The summed E-state index contributed by atoms with van der Waals surface area (Å²) in [6.07, 6.45) is 0. The Kier molecular flexibility index (Phi) is 6.87. The number of carbonyl (C=O) groups is 1. The van der Waals surface area contributed by atoms with Crippen LogP contribution in [0.25, 0.3) is 0 Å². The number of hydrogen-bond acceptors (Lipinski definition) is 4. The second kappa shape index (κ2) is 8.66. The van der Waals surface area contributed by atoms with Crippen molar-refractivity contribution < 1.29 is 14.3 Å². The monoisotopic (exact) mass is 384 g/mol. The molecular weight excluding hydrogens is 360 g/mol. The minimum Gasteiger partial charge on any atom is -0.497 e. The van der Waals surface area contributed by atoms with Crippen LogP contribution in [0.4, 0.5) is 0 Å². The quantitative estimate of drug-likeness (QED) is 0.818. The number of amides is 1. The number of benzene rings is 1. The second-order valence-electron chi connectivity index (χ2n) is 6.02. The number of nitrogens with zero attached hydrogens (tertiary/aromatic N) is 1. The molecule has 1 unspecified atom stereocenters. The lowest BCUT2D eigenvalue weighted by atomic mass is 10.0. The van der Waals surface area contributed by atoms with Gasteiger partial charge in [-0.1, -0.05) is 13.8 Å². The molecule has 1 aliphatic heterocycles. The van der Waals surface area contributed by atoms with Crippen molar-refractivity contribution in [2.45, 2.75) is 19.9 Å². The van der Waals surface area contributed by atoms with E-state index in [1.165, 1.54) is 0 Å². The van der Waals surface area contributed by atoms with Gasteiger partial charge in [-0.05, 0) is 40.0 Å². The van der Waals surface area contributed by atoms with Crippen molar-refractivity contribution in [3.63, 3.8) is 0 Å². The summed E-state index contributed by atoms with van der Waals surface area (Å²) in [5, 5.41) is 3.06. The highest BCUT2D eigenvalue weighted by molar-refractivity contribution is 9.10. The summed E-state index contributed by atoms with van der Waals surface area (Å²) in [5.41, 5.74) is 0.592. The predicted octanol–water partition coefficient (Wildman–Crippen LogP) is 2.54. The summed E-state index contributed by atoms with van der Waals surface area (Å²) in [7, 11) is 1.60. The van der Waals surface area contributed by atoms with E-state index in [0.717, 1.165) is 30.8 Å². The Morgan fingerprint density at radius 3 is 2.70 bits per heavy atom. The Morgan fingerprint density at radius 1 is 1.39 bits per heavy atom. The number of halogens is 1. The van der Waals surface area contributed by atoms with E-state index in [-0.39, 0.29) is 5.91 Å². The van der Waals surface area contributed by atoms with Crippen molar-refractivity contribution in [2.75, 3.05) is 40.0 Å². The third-order valence-corrected chi connectivity index (χ3v) is 4.87. The van der Waals surface area contributed by atoms with Crippen LogP contribution in [0, 0.1) is 5.92 Å². The molecule has 5 nitrogen and oxygen atoms in total. The van der Waals surface area contributed by atoms with Crippen LogP contribution in [0.5, 0.6) is 5.75 Å². The summed E-state index contributed by atoms with van der Waals surface area (Å²) < 4.78 is 11.4. The van der Waals surface area contributed by atoms with Gasteiger partial charge in [0, 0.05) is 30.1 Å². The van der Waals surface area contributed by atoms with Gasteiger partial charge in [-0.2, -0.15) is 0 Å². The molecule has 23 heavy (non-hydrogen) atoms. The third kappa shape index (κ3) is 4.93. The van der Waals surface area contributed by atoms with Gasteiger partial charge in [-0.15, -0.1) is 0 Å². The van der Waals surface area contributed by atoms with Crippen LogP contribution in [0.2, 0.25) is 0 Å². The number of morpholine rings is 1. The molecule has 0 aromatic heterocycles. The molecule has 0 radical (unpaired) electrons. The van der Waals surface area contributed by atoms with Crippen LogP contribution >= 0.6 is 15.9 Å². The zero-order chi connectivity index (χ0) is 16.8. The number of nitrogens with one attached hydrogen (secondary N) is 1. The molecule has 128 valence electrons. The molecule has 1 aromatic carbocycles. The predicted molar refractivity (Wildman–Crippen MR) is 94.0 cm³/mol. The topological polar surface area (TPSA) is 50.8 Å². The Bertz CT molecular complexity index is 531. The first kappa shape index (κ1) is 18.2. The normalized spacial score (nSPS) is 17.1. The van der Waals surface area contributed by atoms with E-state index in [9.17, 15) is 4.79 Å². The summed E-state index contributed by atoms with van der Waals surface area (Å²) in [5.74, 6) is 1.05. The summed E-state index contributed by atoms with van der Waals surface area (Å²) in [4.78, 5) is 14.9. The molecule has 0 aliphatic carbocycles. The molecule has 0 saturated carbocycles. The summed E-state index contributed by atoms with van der Waals surface area (Å²) >= 11 is 3.43. The van der Waals surface area contributed by atoms with Crippen LogP contribution in [0.3, 0.4) is 0 Å². The van der Waals surface area contributed by atoms with Gasteiger partial charge in [-0.25, -0.2) is 0 Å². The van der Waals surface area contributed by atoms with Crippen LogP contribution in [0.1, 0.15) is 24.2 Å². The van der Waals surface area contributed by atoms with Crippen molar-refractivity contribution >= 4 is 21.8 Å². The second-order valence-corrected chi connectivity index (χ2v) is 6.87. The van der Waals surface area contributed by atoms with E-state index in [4.69, 9.17) is 9.47 Å². The van der Waals surface area contributed by atoms with Gasteiger partial charge in [-0.3, -0.25) is 9.69 Å². The van der Waals surface area contributed by atoms with E-state index in [1.54, 1.807) is 13.2 Å². The first-order chi connectivity index (χ1) is 11.0. The molecular formula is C17H25BrN2O3. The molecule has 1 aromatic rings. The lowest BCUT2D eigenvalue weighted by Gasteiger charge is -2.36. The van der Waals surface area contributed by atoms with Crippen molar-refractivity contribution in [3.8, 4) is 5.75 Å². The van der Waals surface area contributed by atoms with Gasteiger partial charge < -0.3 is 14.8 Å². The maximum Gasteiger partial charge on any atom is 0.252 e. The molecule has 1 fully saturated rings. The molecule has 0 spiro atoms. The lowest BCUT2D eigenvalue weighted by Crippen LogP contribution is -2.51. The Morgan fingerprint density at radius 2 is 2.09 bits per heavy atom. The summed E-state index contributed by atoms with van der Waals surface area (Å²) in [6.45, 7) is 8.36. The molecule has 1 aliphatic rings. The van der Waals surface area contributed by atoms with Crippen molar-refractivity contribution in [1.82, 2.24) is 10.2 Å². The zero-order valence-corrected chi connectivity index (χ0v) is 15.6. The molecule has 2 rings (SSSR count). The Balaban J connectivity index is 2.01. The van der Waals surface area contributed by atoms with E-state index in [1.807, 2.05) is 12.1 Å². The average molecular weight is 385 g/mol. The van der Waals surface area contributed by atoms with Gasteiger partial charge in [0.25, 0.3) is 5.91 Å². The van der Waals surface area contributed by atoms with Crippen LogP contribution in [0.15, 0.2) is 22.7 Å². The number of rotatable bonds is 6. The van der Waals surface area contributed by atoms with Gasteiger partial charge in [0.2, 0.25) is 0 Å².